The maximum atomic E-state index is 5.72. The second-order valence-corrected chi connectivity index (χ2v) is 4.46. The predicted octanol–water partition coefficient (Wildman–Crippen LogP) is 2.82. The van der Waals surface area contributed by atoms with Gasteiger partial charge in [0.2, 0.25) is 0 Å². The highest BCUT2D eigenvalue weighted by Crippen LogP contribution is 2.19. The zero-order valence-electron chi connectivity index (χ0n) is 8.56. The van der Waals surface area contributed by atoms with Crippen molar-refractivity contribution < 1.29 is 0 Å². The molecule has 3 heteroatoms. The van der Waals surface area contributed by atoms with Crippen LogP contribution < -0.4 is 0 Å². The van der Waals surface area contributed by atoms with Crippen molar-refractivity contribution in [2.75, 3.05) is 0 Å². The van der Waals surface area contributed by atoms with Gasteiger partial charge in [-0.25, -0.2) is 9.97 Å². The molecule has 2 nitrogen and oxygen atoms in total. The maximum absolute atomic E-state index is 5.72. The molecule has 0 aliphatic heterocycles. The van der Waals surface area contributed by atoms with Gasteiger partial charge in [0.05, 0.1) is 5.88 Å². The van der Waals surface area contributed by atoms with E-state index < -0.39 is 0 Å². The van der Waals surface area contributed by atoms with E-state index in [4.69, 9.17) is 11.6 Å². The summed E-state index contributed by atoms with van der Waals surface area (Å²) in [6.45, 7) is 8.26. The van der Waals surface area contributed by atoms with Crippen LogP contribution in [0, 0.1) is 6.92 Å². The Kier molecular flexibility index (Phi) is 2.91. The number of hydrogen-bond acceptors (Lipinski definition) is 2. The van der Waals surface area contributed by atoms with Crippen LogP contribution in [0.3, 0.4) is 0 Å². The van der Waals surface area contributed by atoms with Crippen molar-refractivity contribution in [3.8, 4) is 0 Å². The molecule has 0 radical (unpaired) electrons. The van der Waals surface area contributed by atoms with Gasteiger partial charge in [0, 0.05) is 22.9 Å². The van der Waals surface area contributed by atoms with Crippen molar-refractivity contribution in [1.29, 1.82) is 0 Å². The van der Waals surface area contributed by atoms with Gasteiger partial charge in [-0.05, 0) is 6.92 Å². The number of hydrogen-bond donors (Lipinski definition) is 0. The predicted molar refractivity (Wildman–Crippen MR) is 55.0 cm³/mol. The van der Waals surface area contributed by atoms with Crippen LogP contribution in [0.15, 0.2) is 6.20 Å². The largest absolute Gasteiger partial charge is 0.240 e. The SMILES string of the molecule is Cc1nc(C(C)(C)C)ncc1CCl. The summed E-state index contributed by atoms with van der Waals surface area (Å²) in [6.07, 6.45) is 1.82. The zero-order valence-corrected chi connectivity index (χ0v) is 9.31. The lowest BCUT2D eigenvalue weighted by atomic mass is 9.95. The van der Waals surface area contributed by atoms with Crippen molar-refractivity contribution >= 4 is 11.6 Å². The molecule has 0 spiro atoms. The third-order valence-corrected chi connectivity index (χ3v) is 2.18. The first kappa shape index (κ1) is 10.5. The van der Waals surface area contributed by atoms with E-state index in [1.54, 1.807) is 0 Å². The molecule has 1 aromatic rings. The van der Waals surface area contributed by atoms with E-state index in [0.29, 0.717) is 5.88 Å². The standard InChI is InChI=1S/C10H15ClN2/c1-7-8(5-11)6-12-9(13-7)10(2,3)4/h6H,5H2,1-4H3. The Labute approximate surface area is 84.4 Å². The molecule has 0 aliphatic rings. The lowest BCUT2D eigenvalue weighted by molar-refractivity contribution is 0.542. The van der Waals surface area contributed by atoms with E-state index in [0.717, 1.165) is 17.1 Å². The number of aromatic nitrogens is 2. The minimum atomic E-state index is 0.00953. The highest BCUT2D eigenvalue weighted by molar-refractivity contribution is 6.17. The fourth-order valence-electron chi connectivity index (χ4n) is 0.985. The molecule has 0 saturated heterocycles. The summed E-state index contributed by atoms with van der Waals surface area (Å²) >= 11 is 5.72. The van der Waals surface area contributed by atoms with Crippen LogP contribution in [0.2, 0.25) is 0 Å². The first-order valence-electron chi connectivity index (χ1n) is 4.34. The van der Waals surface area contributed by atoms with Crippen LogP contribution >= 0.6 is 11.6 Å². The molecule has 72 valence electrons. The van der Waals surface area contributed by atoms with Crippen LogP contribution in [-0.2, 0) is 11.3 Å². The summed E-state index contributed by atoms with van der Waals surface area (Å²) in [5, 5.41) is 0. The average Bonchev–Trinajstić information content (AvgIpc) is 2.02. The molecule has 0 amide bonds. The molecule has 1 heterocycles. The molecular weight excluding hydrogens is 184 g/mol. The van der Waals surface area contributed by atoms with Crippen molar-refractivity contribution in [3.05, 3.63) is 23.3 Å². The normalized spacial score (nSPS) is 11.8. The molecule has 0 atom stereocenters. The minimum Gasteiger partial charge on any atom is -0.240 e. The van der Waals surface area contributed by atoms with E-state index in [1.165, 1.54) is 0 Å². The second-order valence-electron chi connectivity index (χ2n) is 4.19. The molecule has 0 aliphatic carbocycles. The minimum absolute atomic E-state index is 0.00953. The lowest BCUT2D eigenvalue weighted by Crippen LogP contribution is -2.16. The quantitative estimate of drug-likeness (QED) is 0.649. The van der Waals surface area contributed by atoms with Gasteiger partial charge in [0.1, 0.15) is 5.82 Å². The van der Waals surface area contributed by atoms with Gasteiger partial charge in [-0.1, -0.05) is 20.8 Å². The summed E-state index contributed by atoms with van der Waals surface area (Å²) in [4.78, 5) is 8.71. The maximum Gasteiger partial charge on any atom is 0.133 e. The fraction of sp³-hybridized carbons (Fsp3) is 0.600. The van der Waals surface area contributed by atoms with E-state index >= 15 is 0 Å². The van der Waals surface area contributed by atoms with Gasteiger partial charge in [0.15, 0.2) is 0 Å². The molecule has 0 fully saturated rings. The first-order valence-corrected chi connectivity index (χ1v) is 4.87. The van der Waals surface area contributed by atoms with Crippen LogP contribution in [-0.4, -0.2) is 9.97 Å². The second kappa shape index (κ2) is 3.62. The zero-order chi connectivity index (χ0) is 10.1. The lowest BCUT2D eigenvalue weighted by Gasteiger charge is -2.17. The summed E-state index contributed by atoms with van der Waals surface area (Å²) in [7, 11) is 0. The van der Waals surface area contributed by atoms with E-state index in [9.17, 15) is 0 Å². The van der Waals surface area contributed by atoms with Crippen LogP contribution in [0.5, 0.6) is 0 Å². The van der Waals surface area contributed by atoms with Crippen molar-refractivity contribution in [1.82, 2.24) is 9.97 Å². The molecule has 13 heavy (non-hydrogen) atoms. The summed E-state index contributed by atoms with van der Waals surface area (Å²) in [6, 6.07) is 0. The van der Waals surface area contributed by atoms with Gasteiger partial charge in [-0.2, -0.15) is 0 Å². The van der Waals surface area contributed by atoms with Crippen LogP contribution in [0.4, 0.5) is 0 Å². The molecule has 0 N–H and O–H groups in total. The summed E-state index contributed by atoms with van der Waals surface area (Å²) in [5.41, 5.74) is 2.00. The van der Waals surface area contributed by atoms with Gasteiger partial charge < -0.3 is 0 Å². The van der Waals surface area contributed by atoms with Gasteiger partial charge in [-0.15, -0.1) is 11.6 Å². The Morgan fingerprint density at radius 1 is 1.38 bits per heavy atom. The highest BCUT2D eigenvalue weighted by Gasteiger charge is 2.17. The van der Waals surface area contributed by atoms with Crippen molar-refractivity contribution in [3.63, 3.8) is 0 Å². The van der Waals surface area contributed by atoms with Crippen LogP contribution in [0.1, 0.15) is 37.9 Å². The van der Waals surface area contributed by atoms with E-state index in [-0.39, 0.29) is 5.41 Å². The topological polar surface area (TPSA) is 25.8 Å². The molecule has 0 aromatic carbocycles. The van der Waals surface area contributed by atoms with Gasteiger partial charge in [0.25, 0.3) is 0 Å². The highest BCUT2D eigenvalue weighted by atomic mass is 35.5. The van der Waals surface area contributed by atoms with Crippen molar-refractivity contribution in [2.45, 2.75) is 39.0 Å². The number of halogens is 1. The van der Waals surface area contributed by atoms with E-state index in [2.05, 4.69) is 30.7 Å². The number of alkyl halides is 1. The third-order valence-electron chi connectivity index (χ3n) is 1.90. The molecule has 0 unspecified atom stereocenters. The first-order chi connectivity index (χ1) is 5.95. The number of rotatable bonds is 1. The Morgan fingerprint density at radius 3 is 2.38 bits per heavy atom. The summed E-state index contributed by atoms with van der Waals surface area (Å²) < 4.78 is 0. The van der Waals surface area contributed by atoms with Gasteiger partial charge >= 0.3 is 0 Å². The molecule has 0 bridgehead atoms. The smallest absolute Gasteiger partial charge is 0.133 e. The summed E-state index contributed by atoms with van der Waals surface area (Å²) in [5.74, 6) is 1.36. The molecular formula is C10H15ClN2. The monoisotopic (exact) mass is 198 g/mol. The van der Waals surface area contributed by atoms with Crippen LogP contribution in [0.25, 0.3) is 0 Å². The third kappa shape index (κ3) is 2.41. The molecule has 1 rings (SSSR count). The number of nitrogens with zero attached hydrogens (tertiary/aromatic N) is 2. The number of aryl methyl sites for hydroxylation is 1. The Bertz CT molecular complexity index is 302. The van der Waals surface area contributed by atoms with Crippen molar-refractivity contribution in [2.24, 2.45) is 0 Å². The van der Waals surface area contributed by atoms with Gasteiger partial charge in [-0.3, -0.25) is 0 Å². The Hall–Kier alpha value is -0.630. The fourth-order valence-corrected chi connectivity index (χ4v) is 1.25. The average molecular weight is 199 g/mol. The molecule has 1 aromatic heterocycles. The van der Waals surface area contributed by atoms with E-state index in [1.807, 2.05) is 13.1 Å². The molecule has 0 saturated carbocycles. The Balaban J connectivity index is 3.10. The Morgan fingerprint density at radius 2 is 2.00 bits per heavy atom.